The maximum atomic E-state index is 10.6. The molecule has 0 aromatic carbocycles. The smallest absolute Gasteiger partial charge is 0.374 e. The lowest BCUT2D eigenvalue weighted by molar-refractivity contribution is 0.0684. The van der Waals surface area contributed by atoms with Crippen LogP contribution in [0.2, 0.25) is 0 Å². The van der Waals surface area contributed by atoms with E-state index in [0.717, 1.165) is 9.86 Å². The lowest BCUT2D eigenvalue weighted by Crippen LogP contribution is -2.04. The number of aromatic nitrogens is 3. The number of hydrogen-bond acceptors (Lipinski definition) is 3. The quantitative estimate of drug-likeness (QED) is 0.837. The Balaban J connectivity index is 2.77. The number of rotatable bonds is 1. The lowest BCUT2D eigenvalue weighted by atomic mass is 10.4. The van der Waals surface area contributed by atoms with Crippen molar-refractivity contribution in [2.24, 2.45) is 7.05 Å². The van der Waals surface area contributed by atoms with Crippen LogP contribution >= 0.6 is 15.9 Å². The summed E-state index contributed by atoms with van der Waals surface area (Å²) in [4.78, 5) is 18.3. The zero-order valence-electron chi connectivity index (χ0n) is 7.23. The van der Waals surface area contributed by atoms with Crippen molar-refractivity contribution in [3.63, 3.8) is 0 Å². The number of aryl methyl sites for hydroxylation is 1. The first-order valence-electron chi connectivity index (χ1n) is 3.80. The molecule has 0 radical (unpaired) electrons. The van der Waals surface area contributed by atoms with Crippen molar-refractivity contribution in [2.75, 3.05) is 0 Å². The fraction of sp³-hybridized carbons (Fsp3) is 0.125. The summed E-state index contributed by atoms with van der Waals surface area (Å²) in [6.07, 6.45) is 3.31. The zero-order chi connectivity index (χ0) is 10.3. The van der Waals surface area contributed by atoms with Gasteiger partial charge in [-0.15, -0.1) is 0 Å². The number of carboxylic acid groups (broad SMARTS) is 1. The van der Waals surface area contributed by atoms with E-state index in [2.05, 4.69) is 25.9 Å². The van der Waals surface area contributed by atoms with Gasteiger partial charge in [-0.2, -0.15) is 0 Å². The van der Waals surface area contributed by atoms with E-state index in [-0.39, 0.29) is 5.82 Å². The topological polar surface area (TPSA) is 68.0 Å². The molecule has 6 heteroatoms. The van der Waals surface area contributed by atoms with Gasteiger partial charge < -0.3 is 9.67 Å². The van der Waals surface area contributed by atoms with Gasteiger partial charge in [0.25, 0.3) is 0 Å². The Morgan fingerprint density at radius 2 is 2.36 bits per heavy atom. The van der Waals surface area contributed by atoms with E-state index >= 15 is 0 Å². The van der Waals surface area contributed by atoms with Crippen LogP contribution in [0, 0.1) is 0 Å². The van der Waals surface area contributed by atoms with Gasteiger partial charge in [-0.1, -0.05) is 0 Å². The SMILES string of the molecule is Cn1cc(Br)c2cnc(C(=O)O)nc21. The summed E-state index contributed by atoms with van der Waals surface area (Å²) in [6.45, 7) is 0. The van der Waals surface area contributed by atoms with Crippen molar-refractivity contribution < 1.29 is 9.90 Å². The second-order valence-corrected chi connectivity index (χ2v) is 3.68. The predicted molar refractivity (Wildman–Crippen MR) is 53.2 cm³/mol. The molecule has 0 saturated carbocycles. The molecule has 0 amide bonds. The van der Waals surface area contributed by atoms with Crippen LogP contribution in [0.4, 0.5) is 0 Å². The third kappa shape index (κ3) is 1.27. The van der Waals surface area contributed by atoms with E-state index in [1.165, 1.54) is 6.20 Å². The highest BCUT2D eigenvalue weighted by atomic mass is 79.9. The average molecular weight is 256 g/mol. The number of nitrogens with zero attached hydrogens (tertiary/aromatic N) is 3. The molecular weight excluding hydrogens is 250 g/mol. The molecule has 0 aliphatic rings. The Morgan fingerprint density at radius 1 is 1.64 bits per heavy atom. The Morgan fingerprint density at radius 3 is 3.00 bits per heavy atom. The van der Waals surface area contributed by atoms with Crippen LogP contribution in [0.15, 0.2) is 16.9 Å². The highest BCUT2D eigenvalue weighted by molar-refractivity contribution is 9.10. The van der Waals surface area contributed by atoms with E-state index in [4.69, 9.17) is 5.11 Å². The summed E-state index contributed by atoms with van der Waals surface area (Å²) in [6, 6.07) is 0. The highest BCUT2D eigenvalue weighted by Gasteiger charge is 2.11. The molecule has 2 aromatic rings. The first-order chi connectivity index (χ1) is 6.59. The molecule has 0 aliphatic carbocycles. The molecule has 0 bridgehead atoms. The third-order valence-corrected chi connectivity index (χ3v) is 2.49. The molecule has 0 saturated heterocycles. The average Bonchev–Trinajstić information content (AvgIpc) is 2.42. The van der Waals surface area contributed by atoms with Crippen LogP contribution in [-0.2, 0) is 7.05 Å². The molecule has 5 nitrogen and oxygen atoms in total. The Labute approximate surface area is 87.5 Å². The molecule has 0 atom stereocenters. The maximum Gasteiger partial charge on any atom is 0.374 e. The van der Waals surface area contributed by atoms with Gasteiger partial charge in [0.1, 0.15) is 5.65 Å². The van der Waals surface area contributed by atoms with Crippen molar-refractivity contribution in [3.05, 3.63) is 22.7 Å². The van der Waals surface area contributed by atoms with Gasteiger partial charge >= 0.3 is 5.97 Å². The molecule has 14 heavy (non-hydrogen) atoms. The summed E-state index contributed by atoms with van der Waals surface area (Å²) < 4.78 is 2.60. The summed E-state index contributed by atoms with van der Waals surface area (Å²) in [5.41, 5.74) is 0.601. The van der Waals surface area contributed by atoms with Gasteiger partial charge in [0.2, 0.25) is 5.82 Å². The molecule has 0 unspecified atom stereocenters. The molecule has 2 heterocycles. The van der Waals surface area contributed by atoms with Crippen molar-refractivity contribution >= 4 is 32.9 Å². The van der Waals surface area contributed by atoms with Crippen molar-refractivity contribution in [2.45, 2.75) is 0 Å². The van der Waals surface area contributed by atoms with Crippen LogP contribution in [-0.4, -0.2) is 25.6 Å². The Hall–Kier alpha value is -1.43. The molecule has 0 aliphatic heterocycles. The van der Waals surface area contributed by atoms with Crippen molar-refractivity contribution in [1.29, 1.82) is 0 Å². The minimum absolute atomic E-state index is 0.189. The number of carboxylic acids is 1. The van der Waals surface area contributed by atoms with E-state index in [1.54, 1.807) is 11.6 Å². The molecular formula is C8H6BrN3O2. The van der Waals surface area contributed by atoms with Gasteiger partial charge in [0.15, 0.2) is 0 Å². The summed E-state index contributed by atoms with van der Waals surface area (Å²) in [5, 5.41) is 9.50. The fourth-order valence-electron chi connectivity index (χ4n) is 1.21. The minimum atomic E-state index is -1.12. The van der Waals surface area contributed by atoms with Crippen LogP contribution in [0.5, 0.6) is 0 Å². The van der Waals surface area contributed by atoms with E-state index in [0.29, 0.717) is 5.65 Å². The van der Waals surface area contributed by atoms with Crippen LogP contribution in [0.3, 0.4) is 0 Å². The van der Waals surface area contributed by atoms with Gasteiger partial charge in [-0.3, -0.25) is 0 Å². The number of hydrogen-bond donors (Lipinski definition) is 1. The molecule has 72 valence electrons. The normalized spacial score (nSPS) is 10.7. The zero-order valence-corrected chi connectivity index (χ0v) is 8.82. The van der Waals surface area contributed by atoms with E-state index in [9.17, 15) is 4.79 Å². The second kappa shape index (κ2) is 3.06. The highest BCUT2D eigenvalue weighted by Crippen LogP contribution is 2.22. The summed E-state index contributed by atoms with van der Waals surface area (Å²) >= 11 is 3.33. The standard InChI is InChI=1S/C8H6BrN3O2/c1-12-3-5(9)4-2-10-6(8(13)14)11-7(4)12/h2-3H,1H3,(H,13,14). The van der Waals surface area contributed by atoms with Crippen LogP contribution < -0.4 is 0 Å². The lowest BCUT2D eigenvalue weighted by Gasteiger charge is -1.95. The predicted octanol–water partition coefficient (Wildman–Crippen LogP) is 1.43. The third-order valence-electron chi connectivity index (χ3n) is 1.86. The van der Waals surface area contributed by atoms with Gasteiger partial charge in [-0.05, 0) is 15.9 Å². The molecule has 0 fully saturated rings. The Bertz CT molecular complexity index is 521. The first-order valence-corrected chi connectivity index (χ1v) is 4.60. The van der Waals surface area contributed by atoms with E-state index < -0.39 is 5.97 Å². The number of carbonyl (C=O) groups is 1. The van der Waals surface area contributed by atoms with Crippen LogP contribution in [0.1, 0.15) is 10.6 Å². The minimum Gasteiger partial charge on any atom is -0.475 e. The summed E-state index contributed by atoms with van der Waals surface area (Å²) in [5.74, 6) is -1.31. The Kier molecular flexibility index (Phi) is 1.99. The van der Waals surface area contributed by atoms with Crippen molar-refractivity contribution in [1.82, 2.24) is 14.5 Å². The first kappa shape index (κ1) is 9.14. The molecule has 1 N–H and O–H groups in total. The van der Waals surface area contributed by atoms with E-state index in [1.807, 2.05) is 6.20 Å². The maximum absolute atomic E-state index is 10.6. The molecule has 2 rings (SSSR count). The number of fused-ring (bicyclic) bond motifs is 1. The molecule has 0 spiro atoms. The fourth-order valence-corrected chi connectivity index (χ4v) is 1.80. The summed E-state index contributed by atoms with van der Waals surface area (Å²) in [7, 11) is 1.80. The van der Waals surface area contributed by atoms with Crippen molar-refractivity contribution in [3.8, 4) is 0 Å². The van der Waals surface area contributed by atoms with Gasteiger partial charge in [0, 0.05) is 23.9 Å². The number of halogens is 1. The molecule has 2 aromatic heterocycles. The van der Waals surface area contributed by atoms with Gasteiger partial charge in [0.05, 0.1) is 5.39 Å². The number of aromatic carboxylic acids is 1. The second-order valence-electron chi connectivity index (χ2n) is 2.82. The van der Waals surface area contributed by atoms with Gasteiger partial charge in [-0.25, -0.2) is 14.8 Å². The largest absolute Gasteiger partial charge is 0.475 e. The monoisotopic (exact) mass is 255 g/mol. The van der Waals surface area contributed by atoms with Crippen LogP contribution in [0.25, 0.3) is 11.0 Å².